The van der Waals surface area contributed by atoms with Crippen molar-refractivity contribution in [3.8, 4) is 0 Å². The van der Waals surface area contributed by atoms with E-state index < -0.39 is 0 Å². The molecule has 0 unspecified atom stereocenters. The molecular weight excluding hydrogens is 206 g/mol. The van der Waals surface area contributed by atoms with Gasteiger partial charge in [0.1, 0.15) is 6.54 Å². The number of halogens is 1. The monoisotopic (exact) mass is 227 g/mol. The third-order valence-electron chi connectivity index (χ3n) is 2.57. The third kappa shape index (κ3) is 5.81. The van der Waals surface area contributed by atoms with Crippen LogP contribution in [0.2, 0.25) is 0 Å². The summed E-state index contributed by atoms with van der Waals surface area (Å²) in [6, 6.07) is 10.7. The Kier molecular flexibility index (Phi) is 6.62. The Morgan fingerprint density at radius 1 is 1.07 bits per heavy atom. The largest absolute Gasteiger partial charge is 1.00 e. The number of unbranched alkanes of at least 4 members (excludes halogenated alkanes) is 1. The minimum Gasteiger partial charge on any atom is -1.00 e. The van der Waals surface area contributed by atoms with Crippen molar-refractivity contribution in [2.45, 2.75) is 26.3 Å². The average molecular weight is 228 g/mol. The van der Waals surface area contributed by atoms with Crippen molar-refractivity contribution < 1.29 is 16.9 Å². The minimum absolute atomic E-state index is 0. The molecule has 0 fully saturated rings. The minimum atomic E-state index is 0. The van der Waals surface area contributed by atoms with Crippen molar-refractivity contribution in [1.82, 2.24) is 0 Å². The first-order valence-corrected chi connectivity index (χ1v) is 5.50. The van der Waals surface area contributed by atoms with Gasteiger partial charge >= 0.3 is 0 Å². The first-order chi connectivity index (χ1) is 6.64. The molecule has 2 heteroatoms. The van der Waals surface area contributed by atoms with Crippen LogP contribution in [0.25, 0.3) is 0 Å². The number of nitrogens with zero attached hydrogens (tertiary/aromatic N) is 1. The maximum Gasteiger partial charge on any atom is 0.104 e. The Bertz CT molecular complexity index is 256. The summed E-state index contributed by atoms with van der Waals surface area (Å²) >= 11 is 0. The van der Waals surface area contributed by atoms with Gasteiger partial charge in [0.05, 0.1) is 20.6 Å². The van der Waals surface area contributed by atoms with E-state index in [0.29, 0.717) is 0 Å². The molecule has 0 saturated heterocycles. The van der Waals surface area contributed by atoms with E-state index in [9.17, 15) is 0 Å². The molecule has 0 bridgehead atoms. The van der Waals surface area contributed by atoms with Crippen LogP contribution in [0.3, 0.4) is 0 Å². The highest BCUT2D eigenvalue weighted by Gasteiger charge is 2.14. The molecule has 0 radical (unpaired) electrons. The molecule has 0 saturated carbocycles. The van der Waals surface area contributed by atoms with Crippen LogP contribution in [0.1, 0.15) is 25.3 Å². The summed E-state index contributed by atoms with van der Waals surface area (Å²) in [6.07, 6.45) is 2.61. The zero-order valence-corrected chi connectivity index (χ0v) is 10.8. The summed E-state index contributed by atoms with van der Waals surface area (Å²) in [4.78, 5) is 0. The molecule has 0 aliphatic rings. The molecule has 0 aliphatic carbocycles. The Morgan fingerprint density at radius 3 is 2.20 bits per heavy atom. The van der Waals surface area contributed by atoms with Crippen molar-refractivity contribution in [2.75, 3.05) is 20.6 Å². The van der Waals surface area contributed by atoms with E-state index in [4.69, 9.17) is 0 Å². The lowest BCUT2D eigenvalue weighted by Crippen LogP contribution is -3.00. The van der Waals surface area contributed by atoms with Gasteiger partial charge in [-0.05, 0) is 6.42 Å². The molecule has 0 aliphatic heterocycles. The SMILES string of the molecule is CCCC[N+](C)(C)Cc1ccccc1.[Cl-]. The summed E-state index contributed by atoms with van der Waals surface area (Å²) in [7, 11) is 4.62. The van der Waals surface area contributed by atoms with Gasteiger partial charge in [0.2, 0.25) is 0 Å². The molecule has 0 N–H and O–H groups in total. The molecular formula is C13H22ClN. The van der Waals surface area contributed by atoms with Gasteiger partial charge in [0, 0.05) is 5.56 Å². The van der Waals surface area contributed by atoms with E-state index in [1.165, 1.54) is 24.9 Å². The Hall–Kier alpha value is -0.530. The van der Waals surface area contributed by atoms with Gasteiger partial charge in [-0.2, -0.15) is 0 Å². The Morgan fingerprint density at radius 2 is 1.67 bits per heavy atom. The molecule has 1 aromatic rings. The predicted octanol–water partition coefficient (Wildman–Crippen LogP) is 0.0671. The van der Waals surface area contributed by atoms with Crippen LogP contribution in [0.5, 0.6) is 0 Å². The van der Waals surface area contributed by atoms with E-state index in [1.807, 2.05) is 0 Å². The lowest BCUT2D eigenvalue weighted by Gasteiger charge is -2.29. The second kappa shape index (κ2) is 6.86. The molecule has 0 spiro atoms. The Labute approximate surface area is 100 Å². The predicted molar refractivity (Wildman–Crippen MR) is 62.0 cm³/mol. The lowest BCUT2D eigenvalue weighted by molar-refractivity contribution is -0.903. The topological polar surface area (TPSA) is 0 Å². The standard InChI is InChI=1S/C13H22N.ClH/c1-4-5-11-14(2,3)12-13-9-7-6-8-10-13;/h6-10H,4-5,11-12H2,1-3H3;1H/q+1;/p-1. The lowest BCUT2D eigenvalue weighted by atomic mass is 10.2. The molecule has 1 nitrogen and oxygen atoms in total. The van der Waals surface area contributed by atoms with Gasteiger partial charge in [-0.15, -0.1) is 0 Å². The smallest absolute Gasteiger partial charge is 0.104 e. The molecule has 1 rings (SSSR count). The van der Waals surface area contributed by atoms with Gasteiger partial charge in [-0.3, -0.25) is 0 Å². The van der Waals surface area contributed by atoms with Crippen LogP contribution < -0.4 is 12.4 Å². The van der Waals surface area contributed by atoms with Crippen LogP contribution >= 0.6 is 0 Å². The Balaban J connectivity index is 0.00000196. The summed E-state index contributed by atoms with van der Waals surface area (Å²) in [5, 5.41) is 0. The maximum absolute atomic E-state index is 2.31. The van der Waals surface area contributed by atoms with Crippen molar-refractivity contribution in [3.05, 3.63) is 35.9 Å². The number of hydrogen-bond donors (Lipinski definition) is 0. The van der Waals surface area contributed by atoms with Crippen LogP contribution in [0.4, 0.5) is 0 Å². The molecule has 1 aromatic carbocycles. The third-order valence-corrected chi connectivity index (χ3v) is 2.57. The van der Waals surface area contributed by atoms with Gasteiger partial charge in [-0.1, -0.05) is 43.7 Å². The molecule has 0 atom stereocenters. The van der Waals surface area contributed by atoms with E-state index in [0.717, 1.165) is 11.0 Å². The summed E-state index contributed by atoms with van der Waals surface area (Å²) in [5.41, 5.74) is 1.44. The van der Waals surface area contributed by atoms with Gasteiger partial charge in [0.25, 0.3) is 0 Å². The average Bonchev–Trinajstić information content (AvgIpc) is 2.16. The molecule has 0 amide bonds. The quantitative estimate of drug-likeness (QED) is 0.625. The zero-order chi connectivity index (χ0) is 10.4. The normalized spacial score (nSPS) is 10.9. The molecule has 15 heavy (non-hydrogen) atoms. The number of benzene rings is 1. The molecule has 0 heterocycles. The van der Waals surface area contributed by atoms with E-state index in [-0.39, 0.29) is 12.4 Å². The van der Waals surface area contributed by atoms with Gasteiger partial charge < -0.3 is 16.9 Å². The first kappa shape index (κ1) is 14.5. The second-order valence-electron chi connectivity index (χ2n) is 4.66. The molecule has 0 aromatic heterocycles. The first-order valence-electron chi connectivity index (χ1n) is 5.50. The number of hydrogen-bond acceptors (Lipinski definition) is 0. The summed E-state index contributed by atoms with van der Waals surface area (Å²) in [6.45, 7) is 4.66. The summed E-state index contributed by atoms with van der Waals surface area (Å²) < 4.78 is 1.10. The van der Waals surface area contributed by atoms with E-state index >= 15 is 0 Å². The zero-order valence-electron chi connectivity index (χ0n) is 10.0. The van der Waals surface area contributed by atoms with Crippen molar-refractivity contribution >= 4 is 0 Å². The van der Waals surface area contributed by atoms with Crippen LogP contribution in [-0.4, -0.2) is 25.1 Å². The van der Waals surface area contributed by atoms with E-state index in [1.54, 1.807) is 0 Å². The number of quaternary nitrogens is 1. The fourth-order valence-corrected chi connectivity index (χ4v) is 1.74. The van der Waals surface area contributed by atoms with Crippen LogP contribution in [0, 0.1) is 0 Å². The van der Waals surface area contributed by atoms with Crippen LogP contribution in [0.15, 0.2) is 30.3 Å². The fourth-order valence-electron chi connectivity index (χ4n) is 1.74. The van der Waals surface area contributed by atoms with Gasteiger partial charge in [0.15, 0.2) is 0 Å². The van der Waals surface area contributed by atoms with Crippen molar-refractivity contribution in [2.24, 2.45) is 0 Å². The highest BCUT2D eigenvalue weighted by Crippen LogP contribution is 2.10. The van der Waals surface area contributed by atoms with Gasteiger partial charge in [-0.25, -0.2) is 0 Å². The fraction of sp³-hybridized carbons (Fsp3) is 0.538. The van der Waals surface area contributed by atoms with Crippen molar-refractivity contribution in [3.63, 3.8) is 0 Å². The second-order valence-corrected chi connectivity index (χ2v) is 4.66. The van der Waals surface area contributed by atoms with E-state index in [2.05, 4.69) is 51.4 Å². The van der Waals surface area contributed by atoms with Crippen molar-refractivity contribution in [1.29, 1.82) is 0 Å². The van der Waals surface area contributed by atoms with Crippen LogP contribution in [-0.2, 0) is 6.54 Å². The molecule has 86 valence electrons. The highest BCUT2D eigenvalue weighted by molar-refractivity contribution is 5.13. The number of rotatable bonds is 5. The summed E-state index contributed by atoms with van der Waals surface area (Å²) in [5.74, 6) is 0. The highest BCUT2D eigenvalue weighted by atomic mass is 35.5. The maximum atomic E-state index is 2.31.